The fourth-order valence-electron chi connectivity index (χ4n) is 2.65. The average molecular weight is 362 g/mol. The van der Waals surface area contributed by atoms with Gasteiger partial charge in [-0.25, -0.2) is 9.37 Å². The van der Waals surface area contributed by atoms with Gasteiger partial charge in [0.25, 0.3) is 11.5 Å². The number of H-pyrrole nitrogens is 1. The molecule has 3 rings (SSSR count). The molecule has 8 nitrogen and oxygen atoms in total. The number of amides is 1. The SMILES string of the molecule is CN(Cc1ccc(F)cc1)C(=O)c1nc(N2CCOCC2)[nH]c(=O)c1O. The monoisotopic (exact) mass is 362 g/mol. The van der Waals surface area contributed by atoms with Crippen LogP contribution in [0.5, 0.6) is 5.75 Å². The van der Waals surface area contributed by atoms with Crippen LogP contribution in [0.3, 0.4) is 0 Å². The first-order valence-corrected chi connectivity index (χ1v) is 8.11. The van der Waals surface area contributed by atoms with Crippen LogP contribution in [0.1, 0.15) is 16.1 Å². The van der Waals surface area contributed by atoms with Crippen LogP contribution in [0.25, 0.3) is 0 Å². The van der Waals surface area contributed by atoms with Crippen molar-refractivity contribution in [1.29, 1.82) is 0 Å². The molecule has 0 saturated carbocycles. The van der Waals surface area contributed by atoms with Crippen molar-refractivity contribution in [3.8, 4) is 5.75 Å². The van der Waals surface area contributed by atoms with Crippen LogP contribution in [-0.4, -0.2) is 59.2 Å². The summed E-state index contributed by atoms with van der Waals surface area (Å²) in [5.74, 6) is -1.48. The van der Waals surface area contributed by atoms with E-state index in [1.165, 1.54) is 24.1 Å². The van der Waals surface area contributed by atoms with Crippen LogP contribution in [0.2, 0.25) is 0 Å². The van der Waals surface area contributed by atoms with Crippen LogP contribution in [0.4, 0.5) is 10.3 Å². The average Bonchev–Trinajstić information content (AvgIpc) is 2.65. The number of carbonyl (C=O) groups is 1. The van der Waals surface area contributed by atoms with Crippen molar-refractivity contribution in [1.82, 2.24) is 14.9 Å². The molecular weight excluding hydrogens is 343 g/mol. The molecule has 1 aliphatic heterocycles. The Hall–Kier alpha value is -2.94. The van der Waals surface area contributed by atoms with E-state index in [4.69, 9.17) is 4.74 Å². The van der Waals surface area contributed by atoms with E-state index >= 15 is 0 Å². The highest BCUT2D eigenvalue weighted by molar-refractivity contribution is 5.94. The zero-order valence-electron chi connectivity index (χ0n) is 14.2. The van der Waals surface area contributed by atoms with Crippen molar-refractivity contribution in [2.45, 2.75) is 6.54 Å². The standard InChI is InChI=1S/C17H19FN4O4/c1-21(10-11-2-4-12(18)5-3-11)16(25)13-14(23)15(24)20-17(19-13)22-6-8-26-9-7-22/h2-5,23H,6-10H2,1H3,(H,19,20,24). The molecule has 2 N–H and O–H groups in total. The van der Waals surface area contributed by atoms with Crippen molar-refractivity contribution in [2.75, 3.05) is 38.3 Å². The molecule has 2 heterocycles. The Kier molecular flexibility index (Phi) is 5.17. The number of rotatable bonds is 4. The van der Waals surface area contributed by atoms with Gasteiger partial charge in [0, 0.05) is 26.7 Å². The van der Waals surface area contributed by atoms with Gasteiger partial charge in [0.15, 0.2) is 5.69 Å². The van der Waals surface area contributed by atoms with Crippen LogP contribution in [-0.2, 0) is 11.3 Å². The number of hydrogen-bond acceptors (Lipinski definition) is 6. The first-order chi connectivity index (χ1) is 12.5. The molecule has 0 unspecified atom stereocenters. The van der Waals surface area contributed by atoms with Gasteiger partial charge < -0.3 is 19.6 Å². The number of benzene rings is 1. The number of morpholine rings is 1. The second-order valence-electron chi connectivity index (χ2n) is 5.97. The minimum atomic E-state index is -0.778. The third kappa shape index (κ3) is 3.83. The summed E-state index contributed by atoms with van der Waals surface area (Å²) in [6.07, 6.45) is 0. The number of carbonyl (C=O) groups excluding carboxylic acids is 1. The summed E-state index contributed by atoms with van der Waals surface area (Å²) in [5, 5.41) is 10.00. The van der Waals surface area contributed by atoms with Crippen LogP contribution >= 0.6 is 0 Å². The van der Waals surface area contributed by atoms with E-state index in [1.54, 1.807) is 17.0 Å². The van der Waals surface area contributed by atoms with E-state index < -0.39 is 17.2 Å². The maximum absolute atomic E-state index is 13.0. The van der Waals surface area contributed by atoms with E-state index in [0.717, 1.165) is 0 Å². The summed E-state index contributed by atoms with van der Waals surface area (Å²) in [6.45, 7) is 2.19. The lowest BCUT2D eigenvalue weighted by molar-refractivity contribution is 0.0775. The van der Waals surface area contributed by atoms with Gasteiger partial charge in [-0.05, 0) is 17.7 Å². The first kappa shape index (κ1) is 17.9. The zero-order valence-corrected chi connectivity index (χ0v) is 14.2. The minimum Gasteiger partial charge on any atom is -0.501 e. The predicted octanol–water partition coefficient (Wildman–Crippen LogP) is 0.723. The van der Waals surface area contributed by atoms with Gasteiger partial charge in [0.05, 0.1) is 13.2 Å². The molecule has 1 aromatic heterocycles. The highest BCUT2D eigenvalue weighted by Crippen LogP contribution is 2.17. The molecule has 0 spiro atoms. The summed E-state index contributed by atoms with van der Waals surface area (Å²) in [6, 6.07) is 5.72. The lowest BCUT2D eigenvalue weighted by atomic mass is 10.2. The molecule has 1 aromatic carbocycles. The van der Waals surface area contributed by atoms with Crippen molar-refractivity contribution in [2.24, 2.45) is 0 Å². The summed E-state index contributed by atoms with van der Waals surface area (Å²) in [4.78, 5) is 34.4. The number of nitrogens with one attached hydrogen (secondary N) is 1. The van der Waals surface area contributed by atoms with E-state index in [-0.39, 0.29) is 24.0 Å². The second-order valence-corrected chi connectivity index (χ2v) is 5.97. The first-order valence-electron chi connectivity index (χ1n) is 8.11. The van der Waals surface area contributed by atoms with Gasteiger partial charge in [-0.2, -0.15) is 0 Å². The maximum Gasteiger partial charge on any atom is 0.295 e. The third-order valence-corrected chi connectivity index (χ3v) is 4.08. The quantitative estimate of drug-likeness (QED) is 0.832. The summed E-state index contributed by atoms with van der Waals surface area (Å²) >= 11 is 0. The van der Waals surface area contributed by atoms with Crippen LogP contribution in [0, 0.1) is 5.82 Å². The molecule has 0 bridgehead atoms. The Balaban J connectivity index is 1.84. The van der Waals surface area contributed by atoms with Gasteiger partial charge in [-0.1, -0.05) is 12.1 Å². The number of hydrogen-bond donors (Lipinski definition) is 2. The lowest BCUT2D eigenvalue weighted by Crippen LogP contribution is -2.39. The normalized spacial score (nSPS) is 14.3. The number of anilines is 1. The number of ether oxygens (including phenoxy) is 1. The number of nitrogens with zero attached hydrogens (tertiary/aromatic N) is 3. The third-order valence-electron chi connectivity index (χ3n) is 4.08. The van der Waals surface area contributed by atoms with Gasteiger partial charge in [0.2, 0.25) is 11.7 Å². The highest BCUT2D eigenvalue weighted by atomic mass is 19.1. The van der Waals surface area contributed by atoms with Crippen LogP contribution < -0.4 is 10.5 Å². The molecule has 0 aliphatic carbocycles. The molecule has 1 saturated heterocycles. The topological polar surface area (TPSA) is 98.8 Å². The molecule has 9 heteroatoms. The highest BCUT2D eigenvalue weighted by Gasteiger charge is 2.24. The molecule has 0 radical (unpaired) electrons. The van der Waals surface area contributed by atoms with Crippen molar-refractivity contribution < 1.29 is 19.0 Å². The Labute approximate surface area is 148 Å². The van der Waals surface area contributed by atoms with E-state index in [1.807, 2.05) is 0 Å². The van der Waals surface area contributed by atoms with Gasteiger partial charge >= 0.3 is 0 Å². The molecule has 138 valence electrons. The van der Waals surface area contributed by atoms with Gasteiger partial charge in [-0.3, -0.25) is 14.6 Å². The summed E-state index contributed by atoms with van der Waals surface area (Å²) in [7, 11) is 1.52. The van der Waals surface area contributed by atoms with Gasteiger partial charge in [0.1, 0.15) is 5.82 Å². The predicted molar refractivity (Wildman–Crippen MR) is 91.8 cm³/mol. The summed E-state index contributed by atoms with van der Waals surface area (Å²) in [5.41, 5.74) is -0.389. The molecule has 1 amide bonds. The number of aromatic nitrogens is 2. The van der Waals surface area contributed by atoms with Crippen molar-refractivity contribution in [3.05, 3.63) is 51.7 Å². The Bertz CT molecular complexity index is 847. The summed E-state index contributed by atoms with van der Waals surface area (Å²) < 4.78 is 18.2. The van der Waals surface area contributed by atoms with Crippen molar-refractivity contribution >= 4 is 11.9 Å². The molecule has 0 atom stereocenters. The second kappa shape index (κ2) is 7.52. The van der Waals surface area contributed by atoms with E-state index in [9.17, 15) is 19.1 Å². The molecule has 26 heavy (non-hydrogen) atoms. The van der Waals surface area contributed by atoms with Crippen LogP contribution in [0.15, 0.2) is 29.1 Å². The Morgan fingerprint density at radius 1 is 1.35 bits per heavy atom. The number of aromatic hydroxyl groups is 1. The largest absolute Gasteiger partial charge is 0.501 e. The number of aromatic amines is 1. The number of halogens is 1. The van der Waals surface area contributed by atoms with E-state index in [2.05, 4.69) is 9.97 Å². The smallest absolute Gasteiger partial charge is 0.295 e. The Morgan fingerprint density at radius 2 is 2.00 bits per heavy atom. The molecule has 1 fully saturated rings. The van der Waals surface area contributed by atoms with Crippen molar-refractivity contribution in [3.63, 3.8) is 0 Å². The molecule has 1 aliphatic rings. The minimum absolute atomic E-state index is 0.180. The Morgan fingerprint density at radius 3 is 2.65 bits per heavy atom. The zero-order chi connectivity index (χ0) is 18.7. The molecule has 2 aromatic rings. The lowest BCUT2D eigenvalue weighted by Gasteiger charge is -2.27. The van der Waals surface area contributed by atoms with Gasteiger partial charge in [-0.15, -0.1) is 0 Å². The molecular formula is C17H19FN4O4. The maximum atomic E-state index is 13.0. The van der Waals surface area contributed by atoms with E-state index in [0.29, 0.717) is 31.9 Å². The fourth-order valence-corrected chi connectivity index (χ4v) is 2.65. The fraction of sp³-hybridized carbons (Fsp3) is 0.353.